The summed E-state index contributed by atoms with van der Waals surface area (Å²) in [5, 5.41) is 0. The number of hydrogen-bond acceptors (Lipinski definition) is 10. The Morgan fingerprint density at radius 2 is 0.842 bits per heavy atom. The number of aromatic nitrogens is 4. The van der Waals surface area contributed by atoms with E-state index in [0.717, 1.165) is 11.0 Å². The van der Waals surface area contributed by atoms with Gasteiger partial charge in [-0.3, -0.25) is 19.2 Å². The molecular weight excluding hydrogens is 953 g/mol. The summed E-state index contributed by atoms with van der Waals surface area (Å²) >= 11 is 0. The third-order valence-electron chi connectivity index (χ3n) is 12.3. The molecule has 3 aromatic heterocycles. The highest BCUT2D eigenvalue weighted by Crippen LogP contribution is 2.52. The molecule has 76 heavy (non-hydrogen) atoms. The predicted octanol–water partition coefficient (Wildman–Crippen LogP) is 14.6. The molecule has 0 spiro atoms. The van der Waals surface area contributed by atoms with E-state index in [9.17, 15) is 19.2 Å². The van der Waals surface area contributed by atoms with Crippen molar-refractivity contribution in [2.45, 2.75) is 51.4 Å². The minimum atomic E-state index is -0.503. The number of nitrogens with one attached hydrogen (secondary N) is 1. The minimum Gasteiger partial charge on any atom is -0.426 e. The molecule has 378 valence electrons. The van der Waals surface area contributed by atoms with Crippen molar-refractivity contribution in [1.82, 2.24) is 19.5 Å². The van der Waals surface area contributed by atoms with Crippen LogP contribution in [0.1, 0.15) is 74.1 Å². The van der Waals surface area contributed by atoms with Crippen LogP contribution in [-0.2, 0) is 19.2 Å². The van der Waals surface area contributed by atoms with Crippen LogP contribution in [0.4, 0.5) is 0 Å². The predicted molar refractivity (Wildman–Crippen MR) is 300 cm³/mol. The van der Waals surface area contributed by atoms with Gasteiger partial charge < -0.3 is 28.5 Å². The molecule has 2 aliphatic heterocycles. The van der Waals surface area contributed by atoms with E-state index in [2.05, 4.69) is 31.3 Å². The summed E-state index contributed by atoms with van der Waals surface area (Å²) < 4.78 is 27.2. The number of esters is 4. The molecule has 12 heteroatoms. The highest BCUT2D eigenvalue weighted by molar-refractivity contribution is 6.13. The van der Waals surface area contributed by atoms with Gasteiger partial charge in [-0.25, -0.2) is 9.97 Å². The fourth-order valence-corrected chi connectivity index (χ4v) is 8.93. The normalized spacial score (nSPS) is 11.4. The molecule has 2 aliphatic rings. The smallest absolute Gasteiger partial charge is 0.311 e. The number of benzene rings is 4. The SMILES string of the molecule is C=CCCC(=O)Oc1ccccc1-c1c(-c2ccccc2OC(=O)CCC=C)c2c(-c3ccccc3OC(=O)CCC=C)c3nc(cc4ccc(cc5nc(cc1n2-c1ccccc1OC(=O)CCC=C)C=C5)[nH]4)C=C3. The Kier molecular flexibility index (Phi) is 16.1. The van der Waals surface area contributed by atoms with Crippen molar-refractivity contribution >= 4 is 70.2 Å². The highest BCUT2D eigenvalue weighted by atomic mass is 16.5. The minimum absolute atomic E-state index is 0.0502. The van der Waals surface area contributed by atoms with Crippen molar-refractivity contribution in [2.24, 2.45) is 0 Å². The molecule has 0 radical (unpaired) electrons. The number of hydrogen-bond donors (Lipinski definition) is 1. The number of allylic oxidation sites excluding steroid dienone is 4. The maximum absolute atomic E-state index is 13.9. The number of H-pyrrole nitrogens is 1. The van der Waals surface area contributed by atoms with Crippen molar-refractivity contribution in [3.63, 3.8) is 0 Å². The molecule has 0 amide bonds. The Morgan fingerprint density at radius 3 is 1.34 bits per heavy atom. The van der Waals surface area contributed by atoms with Crippen molar-refractivity contribution in [1.29, 1.82) is 0 Å². The van der Waals surface area contributed by atoms with Crippen LogP contribution in [0.5, 0.6) is 23.0 Å². The standard InChI is InChI=1S/C64H54N4O8/c1-5-9-29-57(69)73-53-25-17-13-21-47(53)61-50-38-37-45(67-50)40-44-34-33-42(65-44)39-43-35-36-46(66-43)41-52-62(48-22-14-18-26-54(48)74-58(70)30-10-6-2)63(49-23-15-19-27-55(49)75-59(71)31-11-7-3)64(61)68(52)51-24-16-20-28-56(51)76-60(72)32-12-8-4/h5-8,13-28,33-41,65H,1-4,9-12,29-32H2. The molecular formula is C64H54N4O8. The average Bonchev–Trinajstić information content (AvgIpc) is 4.29. The van der Waals surface area contributed by atoms with Crippen LogP contribution in [0.3, 0.4) is 0 Å². The Balaban J connectivity index is 1.59. The number of ether oxygens (including phenoxy) is 4. The van der Waals surface area contributed by atoms with E-state index in [4.69, 9.17) is 28.9 Å². The lowest BCUT2D eigenvalue weighted by Crippen LogP contribution is -2.10. The van der Waals surface area contributed by atoms with Crippen molar-refractivity contribution in [3.05, 3.63) is 201 Å². The average molecular weight is 1010 g/mol. The van der Waals surface area contributed by atoms with Crippen LogP contribution in [0.15, 0.2) is 178 Å². The third kappa shape index (κ3) is 11.6. The van der Waals surface area contributed by atoms with Gasteiger partial charge in [-0.1, -0.05) is 91.0 Å². The Bertz CT molecular complexity index is 3690. The van der Waals surface area contributed by atoms with Crippen LogP contribution in [0, 0.1) is 0 Å². The van der Waals surface area contributed by atoms with Gasteiger partial charge in [0.25, 0.3) is 0 Å². The molecule has 4 aromatic carbocycles. The van der Waals surface area contributed by atoms with Gasteiger partial charge in [0.05, 0.1) is 39.5 Å². The zero-order valence-electron chi connectivity index (χ0n) is 41.8. The molecule has 12 nitrogen and oxygen atoms in total. The fourth-order valence-electron chi connectivity index (χ4n) is 8.93. The molecule has 0 fully saturated rings. The van der Waals surface area contributed by atoms with Crippen LogP contribution in [0.2, 0.25) is 0 Å². The number of carbonyl (C=O) groups is 4. The lowest BCUT2D eigenvalue weighted by Gasteiger charge is -2.18. The lowest BCUT2D eigenvalue weighted by molar-refractivity contribution is -0.135. The fraction of sp³-hybridized carbons (Fsp3) is 0.125. The van der Waals surface area contributed by atoms with Crippen LogP contribution in [-0.4, -0.2) is 43.4 Å². The molecule has 0 aliphatic carbocycles. The topological polar surface area (TPSA) is 152 Å². The first-order valence-electron chi connectivity index (χ1n) is 25.0. The Labute approximate surface area is 440 Å². The first kappa shape index (κ1) is 51.2. The number of aromatic amines is 1. The van der Waals surface area contributed by atoms with Gasteiger partial charge in [0.15, 0.2) is 5.75 Å². The maximum Gasteiger partial charge on any atom is 0.311 e. The van der Waals surface area contributed by atoms with Gasteiger partial charge in [0.2, 0.25) is 0 Å². The molecule has 8 bridgehead atoms. The van der Waals surface area contributed by atoms with Crippen molar-refractivity contribution in [2.75, 3.05) is 0 Å². The van der Waals surface area contributed by atoms with Crippen LogP contribution >= 0.6 is 0 Å². The Hall–Kier alpha value is -9.68. The van der Waals surface area contributed by atoms with Crippen LogP contribution < -0.4 is 18.9 Å². The van der Waals surface area contributed by atoms with E-state index in [1.165, 1.54) is 0 Å². The van der Waals surface area contributed by atoms with E-state index < -0.39 is 23.9 Å². The summed E-state index contributed by atoms with van der Waals surface area (Å²) in [7, 11) is 0. The van der Waals surface area contributed by atoms with Gasteiger partial charge in [0.1, 0.15) is 17.2 Å². The van der Waals surface area contributed by atoms with Gasteiger partial charge in [0, 0.05) is 70.1 Å². The second-order valence-electron chi connectivity index (χ2n) is 17.7. The molecule has 0 atom stereocenters. The quantitative estimate of drug-likeness (QED) is 0.0444. The maximum atomic E-state index is 13.9. The van der Waals surface area contributed by atoms with Gasteiger partial charge in [-0.05, 0) is 111 Å². The Morgan fingerprint density at radius 1 is 0.447 bits per heavy atom. The first-order chi connectivity index (χ1) is 37.2. The molecule has 9 rings (SSSR count). The molecule has 1 N–H and O–H groups in total. The molecule has 0 unspecified atom stereocenters. The van der Waals surface area contributed by atoms with Gasteiger partial charge in [-0.15, -0.1) is 26.3 Å². The van der Waals surface area contributed by atoms with E-state index in [-0.39, 0.29) is 48.7 Å². The third-order valence-corrected chi connectivity index (χ3v) is 12.3. The zero-order chi connectivity index (χ0) is 53.0. The molecule has 7 aromatic rings. The number of rotatable bonds is 20. The second kappa shape index (κ2) is 23.9. The van der Waals surface area contributed by atoms with E-state index >= 15 is 0 Å². The summed E-state index contributed by atoms with van der Waals surface area (Å²) in [5.41, 5.74) is 7.89. The summed E-state index contributed by atoms with van der Waals surface area (Å²) in [4.78, 5) is 69.2. The summed E-state index contributed by atoms with van der Waals surface area (Å²) in [6, 6.07) is 38.4. The summed E-state index contributed by atoms with van der Waals surface area (Å²) in [6.45, 7) is 15.3. The highest BCUT2D eigenvalue weighted by Gasteiger charge is 2.31. The first-order valence-corrected chi connectivity index (χ1v) is 25.0. The number of fused-ring (bicyclic) bond motifs is 8. The summed E-state index contributed by atoms with van der Waals surface area (Å²) in [6.07, 6.45) is 15.9. The number of carbonyl (C=O) groups excluding carboxylic acids is 4. The number of para-hydroxylation sites is 5. The van der Waals surface area contributed by atoms with Crippen LogP contribution in [0.25, 0.3) is 85.4 Å². The molecule has 0 saturated heterocycles. The second-order valence-corrected chi connectivity index (χ2v) is 17.7. The van der Waals surface area contributed by atoms with Crippen molar-refractivity contribution in [3.8, 4) is 62.1 Å². The molecule has 5 heterocycles. The largest absolute Gasteiger partial charge is 0.426 e. The van der Waals surface area contributed by atoms with Crippen molar-refractivity contribution < 1.29 is 38.1 Å². The van der Waals surface area contributed by atoms with E-state index in [1.807, 2.05) is 108 Å². The van der Waals surface area contributed by atoms with E-state index in [0.29, 0.717) is 98.6 Å². The summed E-state index contributed by atoms with van der Waals surface area (Å²) in [5.74, 6) is -1.15. The van der Waals surface area contributed by atoms with E-state index in [1.54, 1.807) is 72.8 Å². The number of nitrogens with zero attached hydrogens (tertiary/aromatic N) is 3. The monoisotopic (exact) mass is 1010 g/mol. The lowest BCUT2D eigenvalue weighted by atomic mass is 9.92. The molecule has 0 saturated carbocycles. The zero-order valence-corrected chi connectivity index (χ0v) is 41.8. The van der Waals surface area contributed by atoms with Gasteiger partial charge >= 0.3 is 23.9 Å². The van der Waals surface area contributed by atoms with Gasteiger partial charge in [-0.2, -0.15) is 0 Å².